The zero-order valence-corrected chi connectivity index (χ0v) is 8.22. The summed E-state index contributed by atoms with van der Waals surface area (Å²) in [5.74, 6) is -2.12. The molecule has 88 valence electrons. The molecular formula is C8H16N2O5. The first-order valence-corrected chi connectivity index (χ1v) is 4.52. The molecule has 0 bridgehead atoms. The van der Waals surface area contributed by atoms with E-state index in [1.807, 2.05) is 0 Å². The molecule has 0 aliphatic heterocycles. The fourth-order valence-electron chi connectivity index (χ4n) is 0.943. The fraction of sp³-hybridized carbons (Fsp3) is 0.750. The molecule has 0 heterocycles. The molecule has 7 nitrogen and oxygen atoms in total. The number of carbonyl (C=O) groups is 2. The highest BCUT2D eigenvalue weighted by Gasteiger charge is 2.13. The van der Waals surface area contributed by atoms with E-state index < -0.39 is 24.1 Å². The first-order valence-electron chi connectivity index (χ1n) is 4.52. The van der Waals surface area contributed by atoms with Gasteiger partial charge in [0, 0.05) is 6.54 Å². The summed E-state index contributed by atoms with van der Waals surface area (Å²) in [6.07, 6.45) is -0.402. The van der Waals surface area contributed by atoms with E-state index in [-0.39, 0.29) is 25.9 Å². The molecule has 0 spiro atoms. The van der Waals surface area contributed by atoms with Crippen molar-refractivity contribution in [2.75, 3.05) is 13.1 Å². The van der Waals surface area contributed by atoms with Crippen molar-refractivity contribution in [3.8, 4) is 0 Å². The second-order valence-corrected chi connectivity index (χ2v) is 3.20. The average Bonchev–Trinajstić information content (AvgIpc) is 2.13. The SMILES string of the molecule is NC(CCC(O)CNCC(=O)O)C(=O)O. The van der Waals surface area contributed by atoms with Crippen LogP contribution in [0.15, 0.2) is 0 Å². The molecule has 0 aliphatic carbocycles. The van der Waals surface area contributed by atoms with Gasteiger partial charge in [0.15, 0.2) is 0 Å². The van der Waals surface area contributed by atoms with E-state index in [1.165, 1.54) is 0 Å². The number of aliphatic hydroxyl groups is 1. The zero-order chi connectivity index (χ0) is 11.8. The van der Waals surface area contributed by atoms with Gasteiger partial charge in [-0.1, -0.05) is 0 Å². The van der Waals surface area contributed by atoms with E-state index in [2.05, 4.69) is 5.32 Å². The van der Waals surface area contributed by atoms with Gasteiger partial charge < -0.3 is 26.4 Å². The van der Waals surface area contributed by atoms with Crippen molar-refractivity contribution >= 4 is 11.9 Å². The second-order valence-electron chi connectivity index (χ2n) is 3.20. The van der Waals surface area contributed by atoms with Gasteiger partial charge in [-0.25, -0.2) is 0 Å². The van der Waals surface area contributed by atoms with Crippen molar-refractivity contribution in [1.82, 2.24) is 5.32 Å². The van der Waals surface area contributed by atoms with Gasteiger partial charge in [-0.05, 0) is 12.8 Å². The lowest BCUT2D eigenvalue weighted by Gasteiger charge is -2.12. The Morgan fingerprint density at radius 2 is 1.87 bits per heavy atom. The Morgan fingerprint density at radius 3 is 2.33 bits per heavy atom. The molecule has 0 aromatic rings. The molecule has 0 saturated heterocycles. The molecule has 6 N–H and O–H groups in total. The Kier molecular flexibility index (Phi) is 6.59. The number of nitrogens with two attached hydrogens (primary N) is 1. The highest BCUT2D eigenvalue weighted by molar-refractivity contribution is 5.72. The Hall–Kier alpha value is -1.18. The van der Waals surface area contributed by atoms with Gasteiger partial charge >= 0.3 is 11.9 Å². The van der Waals surface area contributed by atoms with E-state index in [0.29, 0.717) is 0 Å². The van der Waals surface area contributed by atoms with Crippen LogP contribution in [0.2, 0.25) is 0 Å². The van der Waals surface area contributed by atoms with E-state index in [0.717, 1.165) is 0 Å². The number of hydrogen-bond acceptors (Lipinski definition) is 5. The third kappa shape index (κ3) is 7.86. The van der Waals surface area contributed by atoms with Crippen LogP contribution in [0.5, 0.6) is 0 Å². The largest absolute Gasteiger partial charge is 0.480 e. The van der Waals surface area contributed by atoms with Crippen LogP contribution in [0.4, 0.5) is 0 Å². The maximum absolute atomic E-state index is 10.3. The van der Waals surface area contributed by atoms with Crippen molar-refractivity contribution in [2.45, 2.75) is 25.0 Å². The Balaban J connectivity index is 3.52. The van der Waals surface area contributed by atoms with Crippen molar-refractivity contribution in [3.05, 3.63) is 0 Å². The topological polar surface area (TPSA) is 133 Å². The Labute approximate surface area is 86.9 Å². The van der Waals surface area contributed by atoms with Gasteiger partial charge in [-0.2, -0.15) is 0 Å². The number of aliphatic carboxylic acids is 2. The molecule has 0 aromatic carbocycles. The summed E-state index contributed by atoms with van der Waals surface area (Å²) in [6.45, 7) is -0.124. The summed E-state index contributed by atoms with van der Waals surface area (Å²) in [7, 11) is 0. The first kappa shape index (κ1) is 13.8. The molecule has 0 radical (unpaired) electrons. The third-order valence-electron chi connectivity index (χ3n) is 1.78. The van der Waals surface area contributed by atoms with E-state index in [4.69, 9.17) is 15.9 Å². The predicted molar refractivity (Wildman–Crippen MR) is 51.4 cm³/mol. The van der Waals surface area contributed by atoms with Crippen LogP contribution in [0.3, 0.4) is 0 Å². The molecule has 7 heteroatoms. The molecule has 0 aliphatic rings. The second kappa shape index (κ2) is 7.16. The van der Waals surface area contributed by atoms with Crippen LogP contribution in [-0.2, 0) is 9.59 Å². The van der Waals surface area contributed by atoms with Crippen LogP contribution in [0, 0.1) is 0 Å². The molecule has 0 aromatic heterocycles. The van der Waals surface area contributed by atoms with Crippen LogP contribution < -0.4 is 11.1 Å². The third-order valence-corrected chi connectivity index (χ3v) is 1.78. The van der Waals surface area contributed by atoms with E-state index in [9.17, 15) is 14.7 Å². The quantitative estimate of drug-likeness (QED) is 0.326. The highest BCUT2D eigenvalue weighted by atomic mass is 16.4. The van der Waals surface area contributed by atoms with Crippen LogP contribution in [0.1, 0.15) is 12.8 Å². The highest BCUT2D eigenvalue weighted by Crippen LogP contribution is 1.99. The minimum Gasteiger partial charge on any atom is -0.480 e. The molecule has 0 amide bonds. The fourth-order valence-corrected chi connectivity index (χ4v) is 0.943. The van der Waals surface area contributed by atoms with Crippen LogP contribution in [-0.4, -0.2) is 52.5 Å². The zero-order valence-electron chi connectivity index (χ0n) is 8.22. The minimum atomic E-state index is -1.11. The van der Waals surface area contributed by atoms with Gasteiger partial charge in [-0.3, -0.25) is 9.59 Å². The molecule has 0 saturated carbocycles. The van der Waals surface area contributed by atoms with Gasteiger partial charge in [0.05, 0.1) is 12.6 Å². The average molecular weight is 220 g/mol. The van der Waals surface area contributed by atoms with Crippen molar-refractivity contribution in [2.24, 2.45) is 5.73 Å². The lowest BCUT2D eigenvalue weighted by atomic mass is 10.1. The van der Waals surface area contributed by atoms with Gasteiger partial charge in [0.1, 0.15) is 6.04 Å². The Bertz CT molecular complexity index is 221. The van der Waals surface area contributed by atoms with Crippen molar-refractivity contribution < 1.29 is 24.9 Å². The summed E-state index contributed by atoms with van der Waals surface area (Å²) in [5, 5.41) is 28.5. The van der Waals surface area contributed by atoms with Crippen molar-refractivity contribution in [1.29, 1.82) is 0 Å². The maximum atomic E-state index is 10.3. The van der Waals surface area contributed by atoms with Crippen LogP contribution in [0.25, 0.3) is 0 Å². The number of carboxylic acids is 2. The van der Waals surface area contributed by atoms with Crippen molar-refractivity contribution in [3.63, 3.8) is 0 Å². The van der Waals surface area contributed by atoms with Gasteiger partial charge in [0.25, 0.3) is 0 Å². The molecule has 2 atom stereocenters. The number of rotatable bonds is 8. The minimum absolute atomic E-state index is 0.110. The maximum Gasteiger partial charge on any atom is 0.320 e. The van der Waals surface area contributed by atoms with E-state index >= 15 is 0 Å². The summed E-state index contributed by atoms with van der Waals surface area (Å²) in [6, 6.07) is -0.987. The standard InChI is InChI=1S/C8H16N2O5/c9-6(8(14)15)2-1-5(11)3-10-4-7(12)13/h5-6,10-11H,1-4,9H2,(H,12,13)(H,14,15). The molecule has 0 fully saturated rings. The van der Waals surface area contributed by atoms with Gasteiger partial charge in [-0.15, -0.1) is 0 Å². The predicted octanol–water partition coefficient (Wildman–Crippen LogP) is -1.79. The first-order chi connectivity index (χ1) is 6.93. The molecule has 2 unspecified atom stereocenters. The summed E-state index contributed by atoms with van der Waals surface area (Å²) >= 11 is 0. The summed E-state index contributed by atoms with van der Waals surface area (Å²) in [4.78, 5) is 20.4. The smallest absolute Gasteiger partial charge is 0.320 e. The summed E-state index contributed by atoms with van der Waals surface area (Å²) in [5.41, 5.74) is 5.22. The normalized spacial score (nSPS) is 14.5. The monoisotopic (exact) mass is 220 g/mol. The number of nitrogens with one attached hydrogen (secondary N) is 1. The molecule has 15 heavy (non-hydrogen) atoms. The summed E-state index contributed by atoms with van der Waals surface area (Å²) < 4.78 is 0. The number of aliphatic hydroxyl groups excluding tert-OH is 1. The number of hydrogen-bond donors (Lipinski definition) is 5. The lowest BCUT2D eigenvalue weighted by Crippen LogP contribution is -2.34. The van der Waals surface area contributed by atoms with Crippen LogP contribution >= 0.6 is 0 Å². The molecular weight excluding hydrogens is 204 g/mol. The molecule has 0 rings (SSSR count). The van der Waals surface area contributed by atoms with E-state index in [1.54, 1.807) is 0 Å². The van der Waals surface area contributed by atoms with Gasteiger partial charge in [0.2, 0.25) is 0 Å². The lowest BCUT2D eigenvalue weighted by molar-refractivity contribution is -0.139. The Morgan fingerprint density at radius 1 is 1.27 bits per heavy atom. The number of carboxylic acid groups (broad SMARTS) is 2.